The normalized spacial score (nSPS) is 12.5. The minimum absolute atomic E-state index is 0.00985. The van der Waals surface area contributed by atoms with Gasteiger partial charge in [-0.05, 0) is 19.3 Å². The molecule has 1 unspecified atom stereocenters. The minimum atomic E-state index is -0.507. The minimum Gasteiger partial charge on any atom is -0.396 e. The predicted molar refractivity (Wildman–Crippen MR) is 50.2 cm³/mol. The molecule has 0 aromatic rings. The zero-order valence-corrected chi connectivity index (χ0v) is 8.12. The van der Waals surface area contributed by atoms with Gasteiger partial charge in [0.05, 0.1) is 6.10 Å². The third-order valence-corrected chi connectivity index (χ3v) is 1.74. The van der Waals surface area contributed by atoms with Crippen molar-refractivity contribution in [2.75, 3.05) is 13.2 Å². The first-order valence-corrected chi connectivity index (χ1v) is 4.76. The van der Waals surface area contributed by atoms with Gasteiger partial charge in [0.15, 0.2) is 0 Å². The van der Waals surface area contributed by atoms with E-state index < -0.39 is 6.10 Å². The molecule has 0 heterocycles. The second kappa shape index (κ2) is 8.01. The van der Waals surface area contributed by atoms with E-state index in [1.54, 1.807) is 0 Å². The van der Waals surface area contributed by atoms with Crippen molar-refractivity contribution in [1.29, 1.82) is 0 Å². The van der Waals surface area contributed by atoms with E-state index in [1.807, 2.05) is 6.92 Å². The second-order valence-corrected chi connectivity index (χ2v) is 3.05. The molecule has 0 rings (SSSR count). The molecular formula is C9H19NO3. The third kappa shape index (κ3) is 7.74. The summed E-state index contributed by atoms with van der Waals surface area (Å²) < 4.78 is 0. The first kappa shape index (κ1) is 12.4. The zero-order chi connectivity index (χ0) is 10.1. The number of carbonyl (C=O) groups is 1. The van der Waals surface area contributed by atoms with Crippen LogP contribution in [0.4, 0.5) is 0 Å². The fourth-order valence-corrected chi connectivity index (χ4v) is 0.987. The molecule has 78 valence electrons. The van der Waals surface area contributed by atoms with Crippen molar-refractivity contribution in [2.45, 2.75) is 38.7 Å². The van der Waals surface area contributed by atoms with Crippen molar-refractivity contribution in [2.24, 2.45) is 0 Å². The van der Waals surface area contributed by atoms with E-state index in [1.165, 1.54) is 0 Å². The number of carbonyl (C=O) groups excluding carboxylic acids is 1. The Morgan fingerprint density at radius 3 is 2.69 bits per heavy atom. The lowest BCUT2D eigenvalue weighted by molar-refractivity contribution is -0.121. The highest BCUT2D eigenvalue weighted by Crippen LogP contribution is 1.95. The van der Waals surface area contributed by atoms with Gasteiger partial charge in [-0.3, -0.25) is 4.79 Å². The van der Waals surface area contributed by atoms with Crippen molar-refractivity contribution < 1.29 is 15.0 Å². The van der Waals surface area contributed by atoms with Crippen LogP contribution in [-0.2, 0) is 4.79 Å². The molecule has 0 radical (unpaired) electrons. The monoisotopic (exact) mass is 189 g/mol. The van der Waals surface area contributed by atoms with Gasteiger partial charge in [-0.2, -0.15) is 0 Å². The van der Waals surface area contributed by atoms with Gasteiger partial charge in [-0.15, -0.1) is 0 Å². The van der Waals surface area contributed by atoms with E-state index in [0.29, 0.717) is 25.8 Å². The van der Waals surface area contributed by atoms with E-state index in [9.17, 15) is 9.90 Å². The number of hydrogen-bond acceptors (Lipinski definition) is 3. The Hall–Kier alpha value is -0.610. The van der Waals surface area contributed by atoms with Crippen molar-refractivity contribution in [3.05, 3.63) is 0 Å². The number of aliphatic hydroxyl groups is 2. The maximum Gasteiger partial charge on any atom is 0.219 e. The Morgan fingerprint density at radius 2 is 2.15 bits per heavy atom. The van der Waals surface area contributed by atoms with E-state index in [4.69, 9.17) is 5.11 Å². The highest BCUT2D eigenvalue weighted by Gasteiger charge is 2.03. The van der Waals surface area contributed by atoms with Gasteiger partial charge in [0, 0.05) is 19.6 Å². The Bertz CT molecular complexity index is 139. The molecule has 0 saturated heterocycles. The summed E-state index contributed by atoms with van der Waals surface area (Å²) in [5.41, 5.74) is 0. The quantitative estimate of drug-likeness (QED) is 0.529. The average Bonchev–Trinajstić information content (AvgIpc) is 2.05. The standard InChI is InChI=1S/C9H19NO3/c1-2-3-9(13)10-6-4-8(12)5-7-11/h8,11-12H,2-7H2,1H3,(H,10,13). The van der Waals surface area contributed by atoms with E-state index in [0.717, 1.165) is 6.42 Å². The van der Waals surface area contributed by atoms with Gasteiger partial charge in [-0.25, -0.2) is 0 Å². The summed E-state index contributed by atoms with van der Waals surface area (Å²) in [5.74, 6) is 0.0266. The molecule has 0 aliphatic carbocycles. The lowest BCUT2D eigenvalue weighted by atomic mass is 10.2. The molecule has 0 aromatic carbocycles. The van der Waals surface area contributed by atoms with Crippen LogP contribution in [0.3, 0.4) is 0 Å². The molecule has 0 aliphatic rings. The molecule has 0 fully saturated rings. The zero-order valence-electron chi connectivity index (χ0n) is 8.12. The van der Waals surface area contributed by atoms with E-state index in [2.05, 4.69) is 5.32 Å². The Kier molecular flexibility index (Phi) is 7.63. The lowest BCUT2D eigenvalue weighted by Gasteiger charge is -2.09. The molecule has 0 saturated carbocycles. The Morgan fingerprint density at radius 1 is 1.46 bits per heavy atom. The summed E-state index contributed by atoms with van der Waals surface area (Å²) in [4.78, 5) is 10.9. The van der Waals surface area contributed by atoms with Crippen LogP contribution in [0.25, 0.3) is 0 Å². The topological polar surface area (TPSA) is 69.6 Å². The van der Waals surface area contributed by atoms with Gasteiger partial charge < -0.3 is 15.5 Å². The molecule has 0 aliphatic heterocycles. The molecule has 3 N–H and O–H groups in total. The van der Waals surface area contributed by atoms with E-state index in [-0.39, 0.29) is 12.5 Å². The largest absolute Gasteiger partial charge is 0.396 e. The molecule has 13 heavy (non-hydrogen) atoms. The maximum absolute atomic E-state index is 10.9. The molecule has 1 amide bonds. The van der Waals surface area contributed by atoms with Crippen molar-refractivity contribution in [3.63, 3.8) is 0 Å². The fourth-order valence-electron chi connectivity index (χ4n) is 0.987. The van der Waals surface area contributed by atoms with Gasteiger partial charge >= 0.3 is 0 Å². The molecule has 4 nitrogen and oxygen atoms in total. The first-order chi connectivity index (χ1) is 6.20. The van der Waals surface area contributed by atoms with Crippen LogP contribution in [0.5, 0.6) is 0 Å². The van der Waals surface area contributed by atoms with Crippen molar-refractivity contribution >= 4 is 5.91 Å². The summed E-state index contributed by atoms with van der Waals surface area (Å²) >= 11 is 0. The molecule has 4 heteroatoms. The van der Waals surface area contributed by atoms with Crippen molar-refractivity contribution in [3.8, 4) is 0 Å². The van der Waals surface area contributed by atoms with Crippen LogP contribution in [0.15, 0.2) is 0 Å². The number of hydrogen-bond donors (Lipinski definition) is 3. The summed E-state index contributed by atoms with van der Waals surface area (Å²) in [6, 6.07) is 0. The second-order valence-electron chi connectivity index (χ2n) is 3.05. The molecule has 1 atom stereocenters. The predicted octanol–water partition coefficient (Wildman–Crippen LogP) is 0.0361. The lowest BCUT2D eigenvalue weighted by Crippen LogP contribution is -2.27. The maximum atomic E-state index is 10.9. The van der Waals surface area contributed by atoms with Crippen LogP contribution in [0, 0.1) is 0 Å². The molecule has 0 spiro atoms. The number of rotatable bonds is 7. The smallest absolute Gasteiger partial charge is 0.219 e. The van der Waals surface area contributed by atoms with Crippen LogP contribution in [0.1, 0.15) is 32.6 Å². The number of aliphatic hydroxyl groups excluding tert-OH is 2. The highest BCUT2D eigenvalue weighted by atomic mass is 16.3. The van der Waals surface area contributed by atoms with Gasteiger partial charge in [0.2, 0.25) is 5.91 Å². The molecule has 0 bridgehead atoms. The number of amides is 1. The summed E-state index contributed by atoms with van der Waals surface area (Å²) in [7, 11) is 0. The molecular weight excluding hydrogens is 170 g/mol. The van der Waals surface area contributed by atoms with E-state index >= 15 is 0 Å². The van der Waals surface area contributed by atoms with Crippen LogP contribution >= 0.6 is 0 Å². The van der Waals surface area contributed by atoms with Crippen LogP contribution in [-0.4, -0.2) is 35.4 Å². The van der Waals surface area contributed by atoms with Gasteiger partial charge in [0.25, 0.3) is 0 Å². The molecule has 0 aromatic heterocycles. The van der Waals surface area contributed by atoms with Gasteiger partial charge in [0.1, 0.15) is 0 Å². The van der Waals surface area contributed by atoms with Gasteiger partial charge in [-0.1, -0.05) is 6.92 Å². The first-order valence-electron chi connectivity index (χ1n) is 4.76. The SMILES string of the molecule is CCCC(=O)NCCC(O)CCO. The number of nitrogens with one attached hydrogen (secondary N) is 1. The fraction of sp³-hybridized carbons (Fsp3) is 0.889. The van der Waals surface area contributed by atoms with Crippen molar-refractivity contribution in [1.82, 2.24) is 5.32 Å². The Balaban J connectivity index is 3.28. The summed E-state index contributed by atoms with van der Waals surface area (Å²) in [5, 5.41) is 20.4. The summed E-state index contributed by atoms with van der Waals surface area (Å²) in [6.07, 6.45) is 1.76. The average molecular weight is 189 g/mol. The summed E-state index contributed by atoms with van der Waals surface area (Å²) in [6.45, 7) is 2.42. The Labute approximate surface area is 79.0 Å². The third-order valence-electron chi connectivity index (χ3n) is 1.74. The van der Waals surface area contributed by atoms with Crippen LogP contribution in [0.2, 0.25) is 0 Å². The highest BCUT2D eigenvalue weighted by molar-refractivity contribution is 5.75. The van der Waals surface area contributed by atoms with Crippen LogP contribution < -0.4 is 5.32 Å².